The molecular weight excluding hydrogens is 292 g/mol. The molecule has 0 spiro atoms. The SMILES string of the molecule is CCCc1c(Cl)[nH]c(=O)n(-c2ccc(OC)cc2C)c1=O. The van der Waals surface area contributed by atoms with Crippen LogP contribution < -0.4 is 16.0 Å². The van der Waals surface area contributed by atoms with Crippen LogP contribution in [0, 0.1) is 6.92 Å². The number of methoxy groups -OCH3 is 1. The second-order valence-electron chi connectivity index (χ2n) is 4.77. The number of hydrogen-bond donors (Lipinski definition) is 1. The largest absolute Gasteiger partial charge is 0.497 e. The molecule has 0 aliphatic carbocycles. The number of aryl methyl sites for hydroxylation is 1. The molecule has 0 radical (unpaired) electrons. The van der Waals surface area contributed by atoms with Crippen molar-refractivity contribution in [3.05, 3.63) is 55.3 Å². The third-order valence-corrected chi connectivity index (χ3v) is 3.61. The third kappa shape index (κ3) is 2.88. The van der Waals surface area contributed by atoms with Crippen molar-refractivity contribution in [2.45, 2.75) is 26.7 Å². The minimum absolute atomic E-state index is 0.120. The highest BCUT2D eigenvalue weighted by Gasteiger charge is 2.15. The molecule has 0 unspecified atom stereocenters. The summed E-state index contributed by atoms with van der Waals surface area (Å²) in [7, 11) is 1.56. The zero-order chi connectivity index (χ0) is 15.6. The van der Waals surface area contributed by atoms with Gasteiger partial charge in [0.25, 0.3) is 5.56 Å². The minimum atomic E-state index is -0.543. The Labute approximate surface area is 127 Å². The quantitative estimate of drug-likeness (QED) is 0.882. The Kier molecular flexibility index (Phi) is 4.53. The maximum atomic E-state index is 12.5. The van der Waals surface area contributed by atoms with E-state index in [2.05, 4.69) is 4.98 Å². The molecule has 112 valence electrons. The number of benzene rings is 1. The van der Waals surface area contributed by atoms with Crippen molar-refractivity contribution in [3.8, 4) is 11.4 Å². The molecule has 5 nitrogen and oxygen atoms in total. The van der Waals surface area contributed by atoms with Gasteiger partial charge in [0.1, 0.15) is 10.9 Å². The lowest BCUT2D eigenvalue weighted by Crippen LogP contribution is -2.36. The molecule has 2 aromatic rings. The monoisotopic (exact) mass is 308 g/mol. The Hall–Kier alpha value is -2.01. The first-order valence-corrected chi connectivity index (χ1v) is 7.06. The highest BCUT2D eigenvalue weighted by molar-refractivity contribution is 6.30. The lowest BCUT2D eigenvalue weighted by atomic mass is 10.1. The van der Waals surface area contributed by atoms with Crippen molar-refractivity contribution in [2.75, 3.05) is 7.11 Å². The van der Waals surface area contributed by atoms with Crippen molar-refractivity contribution >= 4 is 11.6 Å². The Balaban J connectivity index is 2.72. The normalized spacial score (nSPS) is 10.7. The van der Waals surface area contributed by atoms with E-state index in [-0.39, 0.29) is 10.7 Å². The molecule has 0 atom stereocenters. The zero-order valence-corrected chi connectivity index (χ0v) is 13.0. The van der Waals surface area contributed by atoms with Gasteiger partial charge in [-0.05, 0) is 37.1 Å². The van der Waals surface area contributed by atoms with E-state index >= 15 is 0 Å². The van der Waals surface area contributed by atoms with E-state index in [0.717, 1.165) is 16.6 Å². The van der Waals surface area contributed by atoms with Gasteiger partial charge in [-0.15, -0.1) is 0 Å². The molecule has 1 heterocycles. The van der Waals surface area contributed by atoms with Gasteiger partial charge >= 0.3 is 5.69 Å². The first kappa shape index (κ1) is 15.4. The fraction of sp³-hybridized carbons (Fsp3) is 0.333. The number of aromatic amines is 1. The summed E-state index contributed by atoms with van der Waals surface area (Å²) < 4.78 is 6.25. The number of H-pyrrole nitrogens is 1. The molecule has 1 N–H and O–H groups in total. The maximum absolute atomic E-state index is 12.5. The molecule has 0 fully saturated rings. The van der Waals surface area contributed by atoms with Crippen molar-refractivity contribution in [1.29, 1.82) is 0 Å². The predicted molar refractivity (Wildman–Crippen MR) is 83.0 cm³/mol. The van der Waals surface area contributed by atoms with Gasteiger partial charge in [0.2, 0.25) is 0 Å². The summed E-state index contributed by atoms with van der Waals surface area (Å²) in [6, 6.07) is 5.17. The Bertz CT molecular complexity index is 777. The number of hydrogen-bond acceptors (Lipinski definition) is 3. The van der Waals surface area contributed by atoms with Gasteiger partial charge in [-0.3, -0.25) is 9.78 Å². The van der Waals surface area contributed by atoms with Crippen LogP contribution in [0.1, 0.15) is 24.5 Å². The Morgan fingerprint density at radius 1 is 1.33 bits per heavy atom. The average molecular weight is 309 g/mol. The van der Waals surface area contributed by atoms with E-state index < -0.39 is 5.69 Å². The highest BCUT2D eigenvalue weighted by Crippen LogP contribution is 2.19. The summed E-state index contributed by atoms with van der Waals surface area (Å²) in [5.41, 5.74) is 0.800. The number of ether oxygens (including phenoxy) is 1. The van der Waals surface area contributed by atoms with Gasteiger partial charge < -0.3 is 4.74 Å². The van der Waals surface area contributed by atoms with Crippen LogP contribution in [-0.2, 0) is 6.42 Å². The summed E-state index contributed by atoms with van der Waals surface area (Å²) in [5, 5.41) is 0.120. The zero-order valence-electron chi connectivity index (χ0n) is 12.2. The van der Waals surface area contributed by atoms with Crippen LogP contribution in [0.4, 0.5) is 0 Å². The fourth-order valence-electron chi connectivity index (χ4n) is 2.24. The molecular formula is C15H17ClN2O3. The lowest BCUT2D eigenvalue weighted by molar-refractivity contribution is 0.414. The van der Waals surface area contributed by atoms with Gasteiger partial charge in [-0.1, -0.05) is 24.9 Å². The van der Waals surface area contributed by atoms with Gasteiger partial charge in [-0.25, -0.2) is 9.36 Å². The maximum Gasteiger partial charge on any atom is 0.334 e. The summed E-state index contributed by atoms with van der Waals surface area (Å²) in [4.78, 5) is 27.2. The van der Waals surface area contributed by atoms with E-state index in [4.69, 9.17) is 16.3 Å². The van der Waals surface area contributed by atoms with E-state index in [1.54, 1.807) is 25.3 Å². The first-order chi connectivity index (χ1) is 9.99. The van der Waals surface area contributed by atoms with E-state index in [0.29, 0.717) is 23.4 Å². The van der Waals surface area contributed by atoms with Gasteiger partial charge in [-0.2, -0.15) is 0 Å². The van der Waals surface area contributed by atoms with E-state index in [1.165, 1.54) is 0 Å². The Morgan fingerprint density at radius 3 is 2.62 bits per heavy atom. The number of rotatable bonds is 4. The van der Waals surface area contributed by atoms with Gasteiger partial charge in [0.15, 0.2) is 0 Å². The molecule has 0 saturated heterocycles. The van der Waals surface area contributed by atoms with Crippen molar-refractivity contribution in [2.24, 2.45) is 0 Å². The van der Waals surface area contributed by atoms with Crippen LogP contribution in [0.25, 0.3) is 5.69 Å². The van der Waals surface area contributed by atoms with E-state index in [9.17, 15) is 9.59 Å². The van der Waals surface area contributed by atoms with Crippen LogP contribution in [0.5, 0.6) is 5.75 Å². The molecule has 0 amide bonds. The highest BCUT2D eigenvalue weighted by atomic mass is 35.5. The van der Waals surface area contributed by atoms with Gasteiger partial charge in [0.05, 0.1) is 18.4 Å². The summed E-state index contributed by atoms with van der Waals surface area (Å²) in [6.07, 6.45) is 1.28. The number of aromatic nitrogens is 2. The lowest BCUT2D eigenvalue weighted by Gasteiger charge is -2.12. The number of nitrogens with one attached hydrogen (secondary N) is 1. The van der Waals surface area contributed by atoms with Crippen LogP contribution in [0.15, 0.2) is 27.8 Å². The fourth-order valence-corrected chi connectivity index (χ4v) is 2.49. The second-order valence-corrected chi connectivity index (χ2v) is 5.14. The smallest absolute Gasteiger partial charge is 0.334 e. The minimum Gasteiger partial charge on any atom is -0.497 e. The summed E-state index contributed by atoms with van der Waals surface area (Å²) >= 11 is 5.97. The summed E-state index contributed by atoms with van der Waals surface area (Å²) in [6.45, 7) is 3.77. The molecule has 21 heavy (non-hydrogen) atoms. The van der Waals surface area contributed by atoms with E-state index in [1.807, 2.05) is 13.8 Å². The molecule has 0 bridgehead atoms. The Morgan fingerprint density at radius 2 is 2.05 bits per heavy atom. The number of halogens is 1. The third-order valence-electron chi connectivity index (χ3n) is 3.29. The van der Waals surface area contributed by atoms with Crippen LogP contribution >= 0.6 is 11.6 Å². The molecule has 2 rings (SSSR count). The van der Waals surface area contributed by atoms with Crippen molar-refractivity contribution in [1.82, 2.24) is 9.55 Å². The first-order valence-electron chi connectivity index (χ1n) is 6.68. The number of nitrogens with zero attached hydrogens (tertiary/aromatic N) is 1. The molecule has 6 heteroatoms. The standard InChI is InChI=1S/C15H17ClN2O3/c1-4-5-11-13(16)17-15(20)18(14(11)19)12-7-6-10(21-3)8-9(12)2/h6-8H,4-5H2,1-3H3,(H,17,20). The second kappa shape index (κ2) is 6.18. The molecule has 0 saturated carbocycles. The van der Waals surface area contributed by atoms with Crippen LogP contribution in [0.3, 0.4) is 0 Å². The molecule has 0 aliphatic heterocycles. The summed E-state index contributed by atoms with van der Waals surface area (Å²) in [5.74, 6) is 0.670. The van der Waals surface area contributed by atoms with Crippen molar-refractivity contribution in [3.63, 3.8) is 0 Å². The molecule has 0 aliphatic rings. The van der Waals surface area contributed by atoms with Crippen molar-refractivity contribution < 1.29 is 4.74 Å². The molecule has 1 aromatic heterocycles. The van der Waals surface area contributed by atoms with Crippen LogP contribution in [0.2, 0.25) is 5.15 Å². The van der Waals surface area contributed by atoms with Crippen LogP contribution in [-0.4, -0.2) is 16.7 Å². The predicted octanol–water partition coefficient (Wildman–Crippen LogP) is 2.45. The topological polar surface area (TPSA) is 64.1 Å². The average Bonchev–Trinajstić information content (AvgIpc) is 2.44. The molecule has 1 aromatic carbocycles. The van der Waals surface area contributed by atoms with Gasteiger partial charge in [0, 0.05) is 0 Å².